The molecule has 3 aromatic rings. The van der Waals surface area contributed by atoms with E-state index in [1.807, 2.05) is 12.1 Å². The number of nitrogens with zero attached hydrogens (tertiary/aromatic N) is 5. The van der Waals surface area contributed by atoms with Gasteiger partial charge in [-0.25, -0.2) is 4.39 Å². The lowest BCUT2D eigenvalue weighted by atomic mass is 9.84. The fourth-order valence-corrected chi connectivity index (χ4v) is 5.15. The van der Waals surface area contributed by atoms with Crippen LogP contribution in [0, 0.1) is 12.7 Å². The maximum atomic E-state index is 13.5. The quantitative estimate of drug-likeness (QED) is 0.664. The van der Waals surface area contributed by atoms with Gasteiger partial charge in [0, 0.05) is 31.7 Å². The maximum absolute atomic E-state index is 13.5. The molecule has 5 rings (SSSR count). The van der Waals surface area contributed by atoms with E-state index in [-0.39, 0.29) is 11.4 Å². The summed E-state index contributed by atoms with van der Waals surface area (Å²) in [5, 5.41) is 9.04. The van der Waals surface area contributed by atoms with Crippen molar-refractivity contribution in [2.45, 2.75) is 38.4 Å². The second-order valence-corrected chi connectivity index (χ2v) is 8.94. The number of rotatable bonds is 3. The summed E-state index contributed by atoms with van der Waals surface area (Å²) in [5.74, 6) is 1.65. The lowest BCUT2D eigenvalue weighted by Crippen LogP contribution is -2.55. The molecule has 1 fully saturated rings. The molecule has 6 heteroatoms. The molecule has 0 unspecified atom stereocenters. The van der Waals surface area contributed by atoms with E-state index in [4.69, 9.17) is 0 Å². The van der Waals surface area contributed by atoms with Gasteiger partial charge < -0.3 is 4.57 Å². The first-order valence-corrected chi connectivity index (χ1v) is 10.7. The molecule has 156 valence electrons. The number of hydrogen-bond acceptors (Lipinski definition) is 4. The molecule has 0 aliphatic carbocycles. The Balaban J connectivity index is 1.42. The number of halogens is 1. The van der Waals surface area contributed by atoms with Gasteiger partial charge in [0.15, 0.2) is 5.82 Å². The van der Waals surface area contributed by atoms with Crippen LogP contribution in [0.2, 0.25) is 0 Å². The molecular formula is C24H28FN5. The Kier molecular flexibility index (Phi) is 4.91. The first-order chi connectivity index (χ1) is 14.5. The van der Waals surface area contributed by atoms with Crippen LogP contribution in [0.15, 0.2) is 48.5 Å². The van der Waals surface area contributed by atoms with E-state index in [0.29, 0.717) is 0 Å². The smallest absolute Gasteiger partial charge is 0.164 e. The van der Waals surface area contributed by atoms with E-state index in [1.165, 1.54) is 23.3 Å². The molecule has 2 aliphatic rings. The van der Waals surface area contributed by atoms with Crippen molar-refractivity contribution < 1.29 is 4.39 Å². The number of fused-ring (bicyclic) bond motifs is 2. The van der Waals surface area contributed by atoms with E-state index in [1.54, 1.807) is 0 Å². The lowest BCUT2D eigenvalue weighted by Gasteiger charge is -2.48. The first kappa shape index (κ1) is 19.4. The van der Waals surface area contributed by atoms with E-state index in [2.05, 4.69) is 62.8 Å². The van der Waals surface area contributed by atoms with Crippen LogP contribution in [0.25, 0.3) is 11.4 Å². The predicted octanol–water partition coefficient (Wildman–Crippen LogP) is 3.83. The molecule has 0 atom stereocenters. The van der Waals surface area contributed by atoms with Gasteiger partial charge in [-0.1, -0.05) is 29.8 Å². The third-order valence-electron chi connectivity index (χ3n) is 6.56. The van der Waals surface area contributed by atoms with Crippen LogP contribution in [0.3, 0.4) is 0 Å². The first-order valence-electron chi connectivity index (χ1n) is 10.7. The Bertz CT molecular complexity index is 1030. The van der Waals surface area contributed by atoms with Crippen LogP contribution in [0.1, 0.15) is 29.8 Å². The summed E-state index contributed by atoms with van der Waals surface area (Å²) in [4.78, 5) is 4.91. The standard InChI is InChI=1S/C24H28FN5/c1-18-4-3-5-19(14-18)15-29-12-10-24(11-13-29)17-28(2)16-22-26-27-23(30(22)24)20-6-8-21(25)9-7-20/h3-9,14H,10-13,15-17H2,1-2H3. The van der Waals surface area contributed by atoms with Gasteiger partial charge >= 0.3 is 0 Å². The predicted molar refractivity (Wildman–Crippen MR) is 115 cm³/mol. The highest BCUT2D eigenvalue weighted by atomic mass is 19.1. The zero-order valence-corrected chi connectivity index (χ0v) is 17.7. The average molecular weight is 406 g/mol. The minimum absolute atomic E-state index is 0.0152. The van der Waals surface area contributed by atoms with E-state index < -0.39 is 0 Å². The third-order valence-corrected chi connectivity index (χ3v) is 6.56. The largest absolute Gasteiger partial charge is 0.302 e. The topological polar surface area (TPSA) is 37.2 Å². The molecule has 1 saturated heterocycles. The molecular weight excluding hydrogens is 377 g/mol. The zero-order valence-electron chi connectivity index (χ0n) is 17.7. The normalized spacial score (nSPS) is 19.2. The second-order valence-electron chi connectivity index (χ2n) is 8.94. The molecule has 0 amide bonds. The van der Waals surface area contributed by atoms with Crippen molar-refractivity contribution in [2.75, 3.05) is 26.7 Å². The van der Waals surface area contributed by atoms with E-state index >= 15 is 0 Å². The van der Waals surface area contributed by atoms with Gasteiger partial charge in [-0.15, -0.1) is 10.2 Å². The van der Waals surface area contributed by atoms with Crippen LogP contribution >= 0.6 is 0 Å². The number of likely N-dealkylation sites (tertiary alicyclic amines) is 1. The van der Waals surface area contributed by atoms with Gasteiger partial charge in [0.25, 0.3) is 0 Å². The summed E-state index contributed by atoms with van der Waals surface area (Å²) >= 11 is 0. The number of aromatic nitrogens is 3. The SMILES string of the molecule is Cc1cccc(CN2CCC3(CC2)CN(C)Cc2nnc(-c4ccc(F)cc4)n23)c1. The Hall–Kier alpha value is -2.57. The van der Waals surface area contributed by atoms with Gasteiger partial charge in [0.05, 0.1) is 12.1 Å². The molecule has 0 radical (unpaired) electrons. The molecule has 0 saturated carbocycles. The van der Waals surface area contributed by atoms with Crippen LogP contribution in [-0.4, -0.2) is 51.2 Å². The number of hydrogen-bond donors (Lipinski definition) is 0. The highest BCUT2D eigenvalue weighted by molar-refractivity contribution is 5.56. The Morgan fingerprint density at radius 3 is 2.53 bits per heavy atom. The van der Waals surface area contributed by atoms with Crippen LogP contribution in [0.5, 0.6) is 0 Å². The summed E-state index contributed by atoms with van der Waals surface area (Å²) in [6.07, 6.45) is 2.12. The molecule has 0 N–H and O–H groups in total. The van der Waals surface area contributed by atoms with Crippen LogP contribution < -0.4 is 0 Å². The average Bonchev–Trinajstić information content (AvgIpc) is 3.15. The zero-order chi connectivity index (χ0) is 20.7. The van der Waals surface area contributed by atoms with Crippen LogP contribution in [-0.2, 0) is 18.6 Å². The molecule has 2 aliphatic heterocycles. The van der Waals surface area contributed by atoms with Gasteiger partial charge in [0.1, 0.15) is 11.6 Å². The van der Waals surface area contributed by atoms with Crippen molar-refractivity contribution in [3.63, 3.8) is 0 Å². The summed E-state index contributed by atoms with van der Waals surface area (Å²) in [6.45, 7) is 7.02. The van der Waals surface area contributed by atoms with Crippen molar-refractivity contribution in [3.05, 3.63) is 71.3 Å². The molecule has 1 spiro atoms. The third kappa shape index (κ3) is 3.55. The number of benzene rings is 2. The Labute approximate surface area is 177 Å². The summed E-state index contributed by atoms with van der Waals surface area (Å²) in [6, 6.07) is 15.4. The molecule has 0 bridgehead atoms. The maximum Gasteiger partial charge on any atom is 0.164 e. The fourth-order valence-electron chi connectivity index (χ4n) is 5.15. The highest BCUT2D eigenvalue weighted by Gasteiger charge is 2.43. The van der Waals surface area contributed by atoms with E-state index in [0.717, 1.165) is 62.8 Å². The molecule has 5 nitrogen and oxygen atoms in total. The van der Waals surface area contributed by atoms with Crippen LogP contribution in [0.4, 0.5) is 4.39 Å². The fraction of sp³-hybridized carbons (Fsp3) is 0.417. The number of aryl methyl sites for hydroxylation is 1. The molecule has 30 heavy (non-hydrogen) atoms. The Morgan fingerprint density at radius 1 is 1.03 bits per heavy atom. The van der Waals surface area contributed by atoms with Crippen molar-refractivity contribution >= 4 is 0 Å². The van der Waals surface area contributed by atoms with Crippen molar-refractivity contribution in [2.24, 2.45) is 0 Å². The second kappa shape index (κ2) is 7.60. The summed E-state index contributed by atoms with van der Waals surface area (Å²) < 4.78 is 15.8. The van der Waals surface area contributed by atoms with Gasteiger partial charge in [-0.3, -0.25) is 9.80 Å². The summed E-state index contributed by atoms with van der Waals surface area (Å²) in [5.41, 5.74) is 3.61. The summed E-state index contributed by atoms with van der Waals surface area (Å²) in [7, 11) is 2.16. The minimum Gasteiger partial charge on any atom is -0.302 e. The van der Waals surface area contributed by atoms with Gasteiger partial charge in [-0.2, -0.15) is 0 Å². The molecule has 2 aromatic carbocycles. The number of likely N-dealkylation sites (N-methyl/N-ethyl adjacent to an activating group) is 1. The number of piperidine rings is 1. The molecule has 1 aromatic heterocycles. The van der Waals surface area contributed by atoms with Gasteiger partial charge in [0.2, 0.25) is 0 Å². The Morgan fingerprint density at radius 2 is 1.80 bits per heavy atom. The highest BCUT2D eigenvalue weighted by Crippen LogP contribution is 2.39. The van der Waals surface area contributed by atoms with Crippen molar-refractivity contribution in [1.29, 1.82) is 0 Å². The molecule has 3 heterocycles. The van der Waals surface area contributed by atoms with Crippen molar-refractivity contribution in [1.82, 2.24) is 24.6 Å². The van der Waals surface area contributed by atoms with Crippen molar-refractivity contribution in [3.8, 4) is 11.4 Å². The minimum atomic E-state index is -0.226. The monoisotopic (exact) mass is 405 g/mol. The lowest BCUT2D eigenvalue weighted by molar-refractivity contribution is 0.0490. The van der Waals surface area contributed by atoms with Gasteiger partial charge in [-0.05, 0) is 56.6 Å². The van der Waals surface area contributed by atoms with E-state index in [9.17, 15) is 4.39 Å².